The standard InChI is InChI=1S/C24H21NO4S/c26-23(27)22(15-30-16-8-2-1-3-9-16)25-24(28)29-14-21-19-12-6-4-10-17(19)18-11-5-7-13-20(18)21/h1-13,21-22H,14-15H2,(H,25,28)(H,26,27)/t22-/m1/s1. The first-order valence-electron chi connectivity index (χ1n) is 9.65. The van der Waals surface area contributed by atoms with Crippen LogP contribution in [0.5, 0.6) is 0 Å². The molecule has 0 aromatic heterocycles. The van der Waals surface area contributed by atoms with Crippen molar-refractivity contribution in [3.63, 3.8) is 0 Å². The lowest BCUT2D eigenvalue weighted by molar-refractivity contribution is -0.138. The number of carboxylic acid groups (broad SMARTS) is 1. The summed E-state index contributed by atoms with van der Waals surface area (Å²) in [6.07, 6.45) is -0.724. The molecule has 2 N–H and O–H groups in total. The van der Waals surface area contributed by atoms with Gasteiger partial charge in [0.1, 0.15) is 12.6 Å². The zero-order valence-corrected chi connectivity index (χ0v) is 17.0. The van der Waals surface area contributed by atoms with Gasteiger partial charge in [-0.3, -0.25) is 0 Å². The molecule has 3 aromatic rings. The molecule has 1 aliphatic carbocycles. The third-order valence-corrected chi connectivity index (χ3v) is 6.20. The van der Waals surface area contributed by atoms with Crippen molar-refractivity contribution < 1.29 is 19.4 Å². The van der Waals surface area contributed by atoms with Crippen molar-refractivity contribution in [1.29, 1.82) is 0 Å². The Morgan fingerprint density at radius 2 is 1.47 bits per heavy atom. The van der Waals surface area contributed by atoms with E-state index in [1.165, 1.54) is 11.8 Å². The van der Waals surface area contributed by atoms with Crippen LogP contribution in [0.1, 0.15) is 17.0 Å². The monoisotopic (exact) mass is 419 g/mol. The average molecular weight is 420 g/mol. The quantitative estimate of drug-likeness (QED) is 0.540. The third kappa shape index (κ3) is 4.33. The van der Waals surface area contributed by atoms with Crippen molar-refractivity contribution in [2.75, 3.05) is 12.4 Å². The van der Waals surface area contributed by atoms with E-state index >= 15 is 0 Å². The maximum atomic E-state index is 12.3. The molecule has 0 aliphatic heterocycles. The van der Waals surface area contributed by atoms with E-state index in [4.69, 9.17) is 4.74 Å². The van der Waals surface area contributed by atoms with E-state index in [1.54, 1.807) is 0 Å². The molecule has 152 valence electrons. The minimum Gasteiger partial charge on any atom is -0.480 e. The smallest absolute Gasteiger partial charge is 0.407 e. The molecular formula is C24H21NO4S. The summed E-state index contributed by atoms with van der Waals surface area (Å²) in [7, 11) is 0. The molecule has 1 atom stereocenters. The first kappa shape index (κ1) is 20.0. The molecule has 0 fully saturated rings. The fraction of sp³-hybridized carbons (Fsp3) is 0.167. The predicted molar refractivity (Wildman–Crippen MR) is 117 cm³/mol. The van der Waals surface area contributed by atoms with E-state index < -0.39 is 18.1 Å². The minimum atomic E-state index is -1.09. The molecule has 0 unspecified atom stereocenters. The average Bonchev–Trinajstić information content (AvgIpc) is 3.09. The Kier molecular flexibility index (Phi) is 6.05. The van der Waals surface area contributed by atoms with Crippen molar-refractivity contribution in [3.8, 4) is 11.1 Å². The predicted octanol–water partition coefficient (Wildman–Crippen LogP) is 4.77. The van der Waals surface area contributed by atoms with Gasteiger partial charge in [-0.25, -0.2) is 9.59 Å². The number of hydrogen-bond acceptors (Lipinski definition) is 4. The highest BCUT2D eigenvalue weighted by Crippen LogP contribution is 2.44. The van der Waals surface area contributed by atoms with Gasteiger partial charge in [-0.05, 0) is 34.4 Å². The van der Waals surface area contributed by atoms with E-state index in [1.807, 2.05) is 66.7 Å². The van der Waals surface area contributed by atoms with Crippen LogP contribution in [0.2, 0.25) is 0 Å². The van der Waals surface area contributed by atoms with Crippen molar-refractivity contribution in [3.05, 3.63) is 90.0 Å². The Balaban J connectivity index is 1.38. The second-order valence-corrected chi connectivity index (χ2v) is 8.08. The van der Waals surface area contributed by atoms with E-state index in [2.05, 4.69) is 17.4 Å². The fourth-order valence-corrected chi connectivity index (χ4v) is 4.59. The van der Waals surface area contributed by atoms with Gasteiger partial charge in [-0.2, -0.15) is 0 Å². The largest absolute Gasteiger partial charge is 0.480 e. The summed E-state index contributed by atoms with van der Waals surface area (Å²) in [5.41, 5.74) is 4.51. The summed E-state index contributed by atoms with van der Waals surface area (Å²) in [6, 6.07) is 24.6. The lowest BCUT2D eigenvalue weighted by Crippen LogP contribution is -2.43. The summed E-state index contributed by atoms with van der Waals surface area (Å²) in [5, 5.41) is 11.9. The van der Waals surface area contributed by atoms with Crippen LogP contribution in [-0.4, -0.2) is 35.6 Å². The summed E-state index contributed by atoms with van der Waals surface area (Å²) in [5.74, 6) is -0.944. The van der Waals surface area contributed by atoms with Gasteiger partial charge in [0.05, 0.1) is 0 Å². The van der Waals surface area contributed by atoms with Crippen molar-refractivity contribution in [2.24, 2.45) is 0 Å². The molecule has 6 heteroatoms. The highest BCUT2D eigenvalue weighted by atomic mass is 32.2. The lowest BCUT2D eigenvalue weighted by Gasteiger charge is -2.17. The van der Waals surface area contributed by atoms with Gasteiger partial charge >= 0.3 is 12.1 Å². The van der Waals surface area contributed by atoms with Crippen LogP contribution in [0.4, 0.5) is 4.79 Å². The number of amides is 1. The minimum absolute atomic E-state index is 0.0647. The zero-order chi connectivity index (χ0) is 20.9. The van der Waals surface area contributed by atoms with Gasteiger partial charge in [0, 0.05) is 16.6 Å². The Labute approximate surface area is 179 Å². The molecule has 0 heterocycles. The second kappa shape index (κ2) is 9.05. The number of rotatable bonds is 7. The molecule has 30 heavy (non-hydrogen) atoms. The van der Waals surface area contributed by atoms with Gasteiger partial charge in [-0.1, -0.05) is 66.7 Å². The highest BCUT2D eigenvalue weighted by Gasteiger charge is 2.29. The van der Waals surface area contributed by atoms with E-state index in [-0.39, 0.29) is 18.3 Å². The number of nitrogens with one attached hydrogen (secondary N) is 1. The van der Waals surface area contributed by atoms with Crippen LogP contribution in [0.25, 0.3) is 11.1 Å². The van der Waals surface area contributed by atoms with Crippen LogP contribution < -0.4 is 5.32 Å². The number of carboxylic acids is 1. The van der Waals surface area contributed by atoms with Crippen LogP contribution in [0.3, 0.4) is 0 Å². The Bertz CT molecular complexity index is 1010. The first-order valence-corrected chi connectivity index (χ1v) is 10.6. The number of carbonyl (C=O) groups excluding carboxylic acids is 1. The summed E-state index contributed by atoms with van der Waals surface area (Å²) in [6.45, 7) is 0.151. The Morgan fingerprint density at radius 1 is 0.900 bits per heavy atom. The number of ether oxygens (including phenoxy) is 1. The number of fused-ring (bicyclic) bond motifs is 3. The normalized spacial score (nSPS) is 13.2. The Morgan fingerprint density at radius 3 is 2.07 bits per heavy atom. The molecule has 0 spiro atoms. The van der Waals surface area contributed by atoms with Crippen molar-refractivity contribution >= 4 is 23.8 Å². The maximum Gasteiger partial charge on any atom is 0.407 e. The first-order chi connectivity index (χ1) is 14.6. The van der Waals surface area contributed by atoms with Gasteiger partial charge in [-0.15, -0.1) is 11.8 Å². The van der Waals surface area contributed by atoms with Crippen molar-refractivity contribution in [1.82, 2.24) is 5.32 Å². The van der Waals surface area contributed by atoms with Gasteiger partial charge in [0.15, 0.2) is 0 Å². The number of hydrogen-bond donors (Lipinski definition) is 2. The zero-order valence-electron chi connectivity index (χ0n) is 16.2. The number of benzene rings is 3. The van der Waals surface area contributed by atoms with Crippen LogP contribution in [0, 0.1) is 0 Å². The Hall–Kier alpha value is -3.25. The second-order valence-electron chi connectivity index (χ2n) is 6.98. The number of aliphatic carboxylic acids is 1. The SMILES string of the molecule is O=C(N[C@H](CSc1ccccc1)C(=O)O)OCC1c2ccccc2-c2ccccc21. The van der Waals surface area contributed by atoms with Crippen LogP contribution >= 0.6 is 11.8 Å². The molecule has 5 nitrogen and oxygen atoms in total. The van der Waals surface area contributed by atoms with Gasteiger partial charge in [0.25, 0.3) is 0 Å². The van der Waals surface area contributed by atoms with Gasteiger partial charge in [0.2, 0.25) is 0 Å². The molecule has 1 aliphatic rings. The molecule has 0 saturated heterocycles. The number of thioether (sulfide) groups is 1. The summed E-state index contributed by atoms with van der Waals surface area (Å²) < 4.78 is 5.45. The molecule has 0 bridgehead atoms. The number of carbonyl (C=O) groups is 2. The molecule has 0 saturated carbocycles. The maximum absolute atomic E-state index is 12.3. The lowest BCUT2D eigenvalue weighted by atomic mass is 9.98. The van der Waals surface area contributed by atoms with Gasteiger partial charge < -0.3 is 15.2 Å². The number of alkyl carbamates (subject to hydrolysis) is 1. The molecule has 4 rings (SSSR count). The van der Waals surface area contributed by atoms with Crippen LogP contribution in [0.15, 0.2) is 83.8 Å². The third-order valence-electron chi connectivity index (χ3n) is 5.09. The summed E-state index contributed by atoms with van der Waals surface area (Å²) in [4.78, 5) is 24.8. The topological polar surface area (TPSA) is 75.6 Å². The van der Waals surface area contributed by atoms with Crippen molar-refractivity contribution in [2.45, 2.75) is 16.9 Å². The molecular weight excluding hydrogens is 398 g/mol. The fourth-order valence-electron chi connectivity index (χ4n) is 3.65. The molecule has 3 aromatic carbocycles. The van der Waals surface area contributed by atoms with E-state index in [0.717, 1.165) is 27.1 Å². The van der Waals surface area contributed by atoms with E-state index in [9.17, 15) is 14.7 Å². The summed E-state index contributed by atoms with van der Waals surface area (Å²) >= 11 is 1.37. The van der Waals surface area contributed by atoms with Crippen LogP contribution in [-0.2, 0) is 9.53 Å². The molecule has 0 radical (unpaired) electrons. The highest BCUT2D eigenvalue weighted by molar-refractivity contribution is 7.99. The molecule has 1 amide bonds. The van der Waals surface area contributed by atoms with E-state index in [0.29, 0.717) is 0 Å².